The van der Waals surface area contributed by atoms with Gasteiger partial charge in [-0.25, -0.2) is 22.9 Å². The van der Waals surface area contributed by atoms with Crippen molar-refractivity contribution in [1.82, 2.24) is 19.5 Å². The smallest absolute Gasteiger partial charge is 0.355 e. The Kier molecular flexibility index (Phi) is 5.76. The maximum absolute atomic E-state index is 12.5. The summed E-state index contributed by atoms with van der Waals surface area (Å²) < 4.78 is 34.2. The quantitative estimate of drug-likeness (QED) is 0.732. The first-order chi connectivity index (χ1) is 12.9. The minimum absolute atomic E-state index is 0.0141. The van der Waals surface area contributed by atoms with Gasteiger partial charge in [-0.1, -0.05) is 6.42 Å². The minimum Gasteiger partial charge on any atom is -0.476 e. The Morgan fingerprint density at radius 3 is 2.81 bits per heavy atom. The number of aryl methyl sites for hydroxylation is 1. The predicted octanol–water partition coefficient (Wildman–Crippen LogP) is 1.70. The molecule has 10 heteroatoms. The highest BCUT2D eigenvalue weighted by Crippen LogP contribution is 2.23. The molecule has 1 fully saturated rings. The molecule has 0 spiro atoms. The SMILES string of the molecule is Cn1ncc(S(=O)(=O)NCc2ccnc(OC3CCCCC3)c2)c1C(=O)O. The van der Waals surface area contributed by atoms with Gasteiger partial charge in [0.1, 0.15) is 11.0 Å². The van der Waals surface area contributed by atoms with Crippen molar-refractivity contribution in [2.24, 2.45) is 7.05 Å². The lowest BCUT2D eigenvalue weighted by atomic mass is 9.98. The van der Waals surface area contributed by atoms with Crippen molar-refractivity contribution in [2.45, 2.75) is 49.6 Å². The van der Waals surface area contributed by atoms with Gasteiger partial charge in [-0.3, -0.25) is 4.68 Å². The first-order valence-corrected chi connectivity index (χ1v) is 10.2. The molecule has 0 radical (unpaired) electrons. The van der Waals surface area contributed by atoms with Crippen LogP contribution in [0.3, 0.4) is 0 Å². The molecule has 1 aliphatic rings. The van der Waals surface area contributed by atoms with Gasteiger partial charge in [0.05, 0.1) is 6.20 Å². The Labute approximate surface area is 157 Å². The summed E-state index contributed by atoms with van der Waals surface area (Å²) in [4.78, 5) is 15.1. The molecule has 0 amide bonds. The molecule has 0 aliphatic heterocycles. The molecule has 1 saturated carbocycles. The van der Waals surface area contributed by atoms with Crippen LogP contribution in [0.25, 0.3) is 0 Å². The fourth-order valence-electron chi connectivity index (χ4n) is 3.09. The average molecular weight is 394 g/mol. The monoisotopic (exact) mass is 394 g/mol. The molecular weight excluding hydrogens is 372 g/mol. The van der Waals surface area contributed by atoms with Crippen LogP contribution in [-0.2, 0) is 23.6 Å². The summed E-state index contributed by atoms with van der Waals surface area (Å²) in [7, 11) is -2.65. The molecule has 3 rings (SSSR count). The lowest BCUT2D eigenvalue weighted by Crippen LogP contribution is -2.25. The maximum Gasteiger partial charge on any atom is 0.355 e. The molecule has 9 nitrogen and oxygen atoms in total. The van der Waals surface area contributed by atoms with Gasteiger partial charge in [0.2, 0.25) is 15.9 Å². The topological polar surface area (TPSA) is 123 Å². The van der Waals surface area contributed by atoms with Gasteiger partial charge in [0.25, 0.3) is 0 Å². The van der Waals surface area contributed by atoms with Crippen molar-refractivity contribution in [3.8, 4) is 5.88 Å². The fourth-order valence-corrected chi connectivity index (χ4v) is 4.26. The summed E-state index contributed by atoms with van der Waals surface area (Å²) >= 11 is 0. The van der Waals surface area contributed by atoms with Crippen molar-refractivity contribution in [2.75, 3.05) is 0 Å². The Bertz CT molecular complexity index is 919. The van der Waals surface area contributed by atoms with E-state index in [-0.39, 0.29) is 17.5 Å². The van der Waals surface area contributed by atoms with Crippen LogP contribution in [0.15, 0.2) is 29.4 Å². The Morgan fingerprint density at radius 2 is 2.11 bits per heavy atom. The normalized spacial score (nSPS) is 15.6. The van der Waals surface area contributed by atoms with Crippen molar-refractivity contribution in [3.63, 3.8) is 0 Å². The van der Waals surface area contributed by atoms with E-state index in [1.165, 1.54) is 13.5 Å². The predicted molar refractivity (Wildman–Crippen MR) is 95.9 cm³/mol. The number of aromatic carboxylic acids is 1. The van der Waals surface area contributed by atoms with Crippen LogP contribution in [-0.4, -0.2) is 40.4 Å². The van der Waals surface area contributed by atoms with E-state index in [1.54, 1.807) is 18.3 Å². The molecule has 2 heterocycles. The average Bonchev–Trinajstić information content (AvgIpc) is 3.04. The summed E-state index contributed by atoms with van der Waals surface area (Å²) in [5.74, 6) is -0.895. The molecule has 0 aromatic carbocycles. The molecule has 2 N–H and O–H groups in total. The third-order valence-electron chi connectivity index (χ3n) is 4.50. The van der Waals surface area contributed by atoms with Crippen LogP contribution in [0.5, 0.6) is 5.88 Å². The van der Waals surface area contributed by atoms with E-state index in [4.69, 9.17) is 4.74 Å². The van der Waals surface area contributed by atoms with Crippen molar-refractivity contribution >= 4 is 16.0 Å². The highest BCUT2D eigenvalue weighted by molar-refractivity contribution is 7.89. The number of hydrogen-bond donors (Lipinski definition) is 2. The Morgan fingerprint density at radius 1 is 1.37 bits per heavy atom. The highest BCUT2D eigenvalue weighted by atomic mass is 32.2. The number of nitrogens with zero attached hydrogens (tertiary/aromatic N) is 3. The fraction of sp³-hybridized carbons (Fsp3) is 0.471. The second-order valence-electron chi connectivity index (χ2n) is 6.49. The number of rotatable bonds is 7. The summed E-state index contributed by atoms with van der Waals surface area (Å²) in [6, 6.07) is 3.37. The van der Waals surface area contributed by atoms with Gasteiger partial charge in [-0.2, -0.15) is 5.10 Å². The molecule has 0 bridgehead atoms. The molecule has 2 aromatic rings. The number of carboxylic acids is 1. The number of aromatic nitrogens is 3. The zero-order valence-corrected chi connectivity index (χ0v) is 15.8. The zero-order valence-electron chi connectivity index (χ0n) is 15.0. The number of carbonyl (C=O) groups is 1. The van der Waals surface area contributed by atoms with Crippen LogP contribution in [0, 0.1) is 0 Å². The third kappa shape index (κ3) is 4.64. The van der Waals surface area contributed by atoms with Gasteiger partial charge >= 0.3 is 5.97 Å². The lowest BCUT2D eigenvalue weighted by molar-refractivity contribution is 0.0680. The van der Waals surface area contributed by atoms with E-state index in [0.717, 1.165) is 36.6 Å². The lowest BCUT2D eigenvalue weighted by Gasteiger charge is -2.22. The Balaban J connectivity index is 1.69. The molecule has 0 unspecified atom stereocenters. The first kappa shape index (κ1) is 19.3. The van der Waals surface area contributed by atoms with Crippen molar-refractivity contribution in [3.05, 3.63) is 35.8 Å². The van der Waals surface area contributed by atoms with Crippen molar-refractivity contribution < 1.29 is 23.1 Å². The van der Waals surface area contributed by atoms with Crippen LogP contribution in [0.2, 0.25) is 0 Å². The maximum atomic E-state index is 12.5. The van der Waals surface area contributed by atoms with E-state index in [1.807, 2.05) is 0 Å². The largest absolute Gasteiger partial charge is 0.476 e. The number of nitrogens with one attached hydrogen (secondary N) is 1. The van der Waals surface area contributed by atoms with Gasteiger partial charge in [0.15, 0.2) is 5.69 Å². The van der Waals surface area contributed by atoms with Crippen molar-refractivity contribution in [1.29, 1.82) is 0 Å². The van der Waals surface area contributed by atoms with E-state index in [0.29, 0.717) is 11.4 Å². The minimum atomic E-state index is -4.03. The van der Waals surface area contributed by atoms with Gasteiger partial charge in [-0.15, -0.1) is 0 Å². The first-order valence-electron chi connectivity index (χ1n) is 8.73. The number of hydrogen-bond acceptors (Lipinski definition) is 6. The zero-order chi connectivity index (χ0) is 19.4. The summed E-state index contributed by atoms with van der Waals surface area (Å²) in [6.45, 7) is -0.0141. The summed E-state index contributed by atoms with van der Waals surface area (Å²) in [6.07, 6.45) is 8.23. The number of sulfonamides is 1. The van der Waals surface area contributed by atoms with E-state index < -0.39 is 21.7 Å². The molecule has 0 saturated heterocycles. The van der Waals surface area contributed by atoms with E-state index in [9.17, 15) is 18.3 Å². The molecule has 146 valence electrons. The second kappa shape index (κ2) is 8.05. The summed E-state index contributed by atoms with van der Waals surface area (Å²) in [5.41, 5.74) is 0.277. The molecule has 27 heavy (non-hydrogen) atoms. The summed E-state index contributed by atoms with van der Waals surface area (Å²) in [5, 5.41) is 12.9. The Hall–Kier alpha value is -2.46. The molecule has 1 aliphatic carbocycles. The van der Waals surface area contributed by atoms with E-state index >= 15 is 0 Å². The molecule has 2 aromatic heterocycles. The van der Waals surface area contributed by atoms with Gasteiger partial charge < -0.3 is 9.84 Å². The van der Waals surface area contributed by atoms with Crippen LogP contribution in [0.1, 0.15) is 48.2 Å². The number of pyridine rings is 1. The standard InChI is InChI=1S/C17H22N4O5S/c1-21-16(17(22)23)14(11-19-21)27(24,25)20-10-12-7-8-18-15(9-12)26-13-5-3-2-4-6-13/h7-9,11,13,20H,2-6,10H2,1H3,(H,22,23). The van der Waals surface area contributed by atoms with Gasteiger partial charge in [0, 0.05) is 25.9 Å². The number of carboxylic acid groups (broad SMARTS) is 1. The highest BCUT2D eigenvalue weighted by Gasteiger charge is 2.26. The molecular formula is C17H22N4O5S. The second-order valence-corrected chi connectivity index (χ2v) is 8.23. The van der Waals surface area contributed by atoms with Crippen LogP contribution in [0.4, 0.5) is 0 Å². The van der Waals surface area contributed by atoms with Crippen LogP contribution < -0.4 is 9.46 Å². The van der Waals surface area contributed by atoms with Gasteiger partial charge in [-0.05, 0) is 37.3 Å². The molecule has 0 atom stereocenters. The number of ether oxygens (including phenoxy) is 1. The van der Waals surface area contributed by atoms with Crippen LogP contribution >= 0.6 is 0 Å². The third-order valence-corrected chi connectivity index (χ3v) is 5.90. The van der Waals surface area contributed by atoms with E-state index in [2.05, 4.69) is 14.8 Å².